The number of hydrogen-bond acceptors (Lipinski definition) is 8. The highest BCUT2D eigenvalue weighted by Crippen LogP contribution is 2.73. The zero-order valence-electron chi connectivity index (χ0n) is 15.9. The maximum atomic E-state index is 10.0. The first kappa shape index (κ1) is 26.6. The van der Waals surface area contributed by atoms with Gasteiger partial charge in [0.05, 0.1) is 0 Å². The van der Waals surface area contributed by atoms with Gasteiger partial charge in [-0.15, -0.1) is 0 Å². The molecule has 28 heavy (non-hydrogen) atoms. The lowest BCUT2D eigenvalue weighted by Gasteiger charge is -2.48. The van der Waals surface area contributed by atoms with Crippen LogP contribution in [-0.4, -0.2) is 61.3 Å². The van der Waals surface area contributed by atoms with E-state index in [0.29, 0.717) is 11.1 Å². The van der Waals surface area contributed by atoms with Gasteiger partial charge < -0.3 is 40.9 Å². The van der Waals surface area contributed by atoms with Crippen LogP contribution in [0.3, 0.4) is 0 Å². The summed E-state index contributed by atoms with van der Waals surface area (Å²) >= 11 is 6.26. The highest BCUT2D eigenvalue weighted by Gasteiger charge is 2.52. The second-order valence-electron chi connectivity index (χ2n) is 7.15. The van der Waals surface area contributed by atoms with Crippen LogP contribution in [0.2, 0.25) is 0 Å². The molecule has 166 valence electrons. The highest BCUT2D eigenvalue weighted by molar-refractivity contribution is 9.58. The Morgan fingerprint density at radius 2 is 0.750 bits per heavy atom. The van der Waals surface area contributed by atoms with Gasteiger partial charge in [0.15, 0.2) is 0 Å². The molecular formula is C16H28Br2O8S2. The van der Waals surface area contributed by atoms with Gasteiger partial charge in [-0.2, -0.15) is 0 Å². The number of hydrogen-bond donors (Lipinski definition) is 8. The van der Waals surface area contributed by atoms with Crippen LogP contribution in [0.1, 0.15) is 38.8 Å². The van der Waals surface area contributed by atoms with Crippen molar-refractivity contribution in [1.29, 1.82) is 0 Å². The highest BCUT2D eigenvalue weighted by atomic mass is 79.9. The predicted molar refractivity (Wildman–Crippen MR) is 118 cm³/mol. The molecule has 1 rings (SSSR count). The zero-order chi connectivity index (χ0) is 22.4. The first-order valence-electron chi connectivity index (χ1n) is 8.02. The first-order valence-corrected chi connectivity index (χ1v) is 15.3. The standard InChI is InChI=1S/C16H28Br2O8S2/c1-13(19,20)27(17,14(2,21)22)9-11-5-7-12(8-6-11)10-28(18,15(3,23)24)16(4,25)26/h5-8,19-26H,9-10H2,1-4H3. The van der Waals surface area contributed by atoms with Crippen molar-refractivity contribution < 1.29 is 40.9 Å². The van der Waals surface area contributed by atoms with Crippen molar-refractivity contribution in [3.05, 3.63) is 35.4 Å². The molecule has 0 saturated carbocycles. The Labute approximate surface area is 181 Å². The van der Waals surface area contributed by atoms with Crippen LogP contribution in [0.5, 0.6) is 0 Å². The van der Waals surface area contributed by atoms with E-state index in [4.69, 9.17) is 0 Å². The van der Waals surface area contributed by atoms with Crippen LogP contribution in [-0.2, 0) is 11.5 Å². The van der Waals surface area contributed by atoms with Crippen molar-refractivity contribution in [2.24, 2.45) is 0 Å². The van der Waals surface area contributed by atoms with Gasteiger partial charge in [0.2, 0.25) is 20.5 Å². The van der Waals surface area contributed by atoms with Gasteiger partial charge in [-0.25, -0.2) is 0 Å². The molecule has 0 saturated heterocycles. The third-order valence-electron chi connectivity index (χ3n) is 4.21. The fourth-order valence-corrected chi connectivity index (χ4v) is 7.92. The summed E-state index contributed by atoms with van der Waals surface area (Å²) in [5.41, 5.74) is 1.11. The van der Waals surface area contributed by atoms with E-state index in [0.717, 1.165) is 27.7 Å². The minimum Gasteiger partial charge on any atom is -0.358 e. The van der Waals surface area contributed by atoms with Gasteiger partial charge in [-0.1, -0.05) is 41.2 Å². The molecule has 0 bridgehead atoms. The van der Waals surface area contributed by atoms with Crippen LogP contribution in [0, 0.1) is 0 Å². The Hall–Kier alpha value is 0.560. The second kappa shape index (κ2) is 8.24. The molecule has 0 amide bonds. The van der Waals surface area contributed by atoms with E-state index in [1.54, 1.807) is 24.3 Å². The molecule has 0 heterocycles. The lowest BCUT2D eigenvalue weighted by molar-refractivity contribution is -0.0989. The van der Waals surface area contributed by atoms with Crippen molar-refractivity contribution >= 4 is 46.5 Å². The Morgan fingerprint density at radius 1 is 0.571 bits per heavy atom. The zero-order valence-corrected chi connectivity index (χ0v) is 20.7. The van der Waals surface area contributed by atoms with E-state index in [2.05, 4.69) is 29.6 Å². The normalized spacial score (nSPS) is 16.2. The summed E-state index contributed by atoms with van der Waals surface area (Å²) in [4.78, 5) is 0. The topological polar surface area (TPSA) is 162 Å². The Bertz CT molecular complexity index is 585. The van der Waals surface area contributed by atoms with Gasteiger partial charge >= 0.3 is 0 Å². The second-order valence-corrected chi connectivity index (χ2v) is 20.1. The number of rotatable bonds is 8. The van der Waals surface area contributed by atoms with E-state index in [1.165, 1.54) is 0 Å². The fraction of sp³-hybridized carbons (Fsp3) is 0.625. The molecule has 0 atom stereocenters. The maximum absolute atomic E-state index is 10.0. The van der Waals surface area contributed by atoms with Crippen LogP contribution in [0.15, 0.2) is 24.3 Å². The van der Waals surface area contributed by atoms with Gasteiger partial charge in [0.25, 0.3) is 0 Å². The summed E-state index contributed by atoms with van der Waals surface area (Å²) in [6.07, 6.45) is 0. The lowest BCUT2D eigenvalue weighted by atomic mass is 10.2. The molecule has 0 aromatic heterocycles. The minimum atomic E-state index is -2.95. The monoisotopic (exact) mass is 570 g/mol. The third kappa shape index (κ3) is 5.42. The Kier molecular flexibility index (Phi) is 7.83. The van der Waals surface area contributed by atoms with Gasteiger partial charge in [0.1, 0.15) is 0 Å². The van der Waals surface area contributed by atoms with Crippen molar-refractivity contribution in [3.8, 4) is 0 Å². The third-order valence-corrected chi connectivity index (χ3v) is 19.3. The average Bonchev–Trinajstić information content (AvgIpc) is 2.44. The molecule has 8 nitrogen and oxygen atoms in total. The molecule has 1 aromatic carbocycles. The molecule has 0 radical (unpaired) electrons. The molecule has 12 heteroatoms. The van der Waals surface area contributed by atoms with Crippen molar-refractivity contribution in [1.82, 2.24) is 0 Å². The Morgan fingerprint density at radius 3 is 0.893 bits per heavy atom. The van der Waals surface area contributed by atoms with E-state index >= 15 is 0 Å². The summed E-state index contributed by atoms with van der Waals surface area (Å²) in [6, 6.07) is 6.39. The van der Waals surface area contributed by atoms with E-state index in [-0.39, 0.29) is 11.5 Å². The van der Waals surface area contributed by atoms with Crippen LogP contribution in [0.25, 0.3) is 0 Å². The molecule has 0 unspecified atom stereocenters. The SMILES string of the molecule is CC(O)(O)S(Br)(Cc1ccc(CS(Br)(C(C)(O)O)C(C)(O)O)cc1)C(C)(O)O. The summed E-state index contributed by atoms with van der Waals surface area (Å²) in [7, 11) is -5.90. The molecule has 0 aliphatic heterocycles. The van der Waals surface area contributed by atoms with Crippen LogP contribution >= 0.6 is 46.5 Å². The lowest BCUT2D eigenvalue weighted by Crippen LogP contribution is -2.43. The summed E-state index contributed by atoms with van der Waals surface area (Å²) in [5, 5.41) is 70.7. The van der Waals surface area contributed by atoms with Gasteiger partial charge in [-0.3, -0.25) is 0 Å². The quantitative estimate of drug-likeness (QED) is 0.218. The summed E-state index contributed by atoms with van der Waals surface area (Å²) < 4.78 is 0. The number of benzene rings is 1. The van der Waals surface area contributed by atoms with Gasteiger partial charge in [-0.05, 0) is 68.4 Å². The number of halogens is 2. The average molecular weight is 572 g/mol. The maximum Gasteiger partial charge on any atom is 0.207 e. The van der Waals surface area contributed by atoms with E-state index in [1.807, 2.05) is 0 Å². The first-order chi connectivity index (χ1) is 12.2. The molecule has 0 aliphatic rings. The summed E-state index contributed by atoms with van der Waals surface area (Å²) in [5.74, 6) is -0.163. The Balaban J connectivity index is 3.19. The largest absolute Gasteiger partial charge is 0.358 e. The van der Waals surface area contributed by atoms with E-state index in [9.17, 15) is 40.9 Å². The molecule has 0 fully saturated rings. The fourth-order valence-electron chi connectivity index (χ4n) is 2.47. The van der Waals surface area contributed by atoms with Gasteiger partial charge in [0, 0.05) is 11.5 Å². The molecule has 8 N–H and O–H groups in total. The minimum absolute atomic E-state index is 0.0813. The molecule has 0 spiro atoms. The van der Waals surface area contributed by atoms with Crippen molar-refractivity contribution in [2.75, 3.05) is 0 Å². The van der Waals surface area contributed by atoms with Crippen molar-refractivity contribution in [3.63, 3.8) is 0 Å². The molecule has 1 aromatic rings. The predicted octanol–water partition coefficient (Wildman–Crippen LogP) is 1.55. The van der Waals surface area contributed by atoms with Crippen molar-refractivity contribution in [2.45, 2.75) is 59.7 Å². The molecular weight excluding hydrogens is 544 g/mol. The van der Waals surface area contributed by atoms with Crippen LogP contribution in [0.4, 0.5) is 0 Å². The van der Waals surface area contributed by atoms with E-state index < -0.39 is 37.4 Å². The molecule has 0 aliphatic carbocycles. The summed E-state index contributed by atoms with van der Waals surface area (Å²) in [6.45, 7) is 4.24. The number of aliphatic hydroxyl groups is 8. The smallest absolute Gasteiger partial charge is 0.207 e. The van der Waals surface area contributed by atoms with Crippen LogP contribution < -0.4 is 0 Å².